The van der Waals surface area contributed by atoms with E-state index in [-0.39, 0.29) is 0 Å². The lowest BCUT2D eigenvalue weighted by atomic mass is 10.1. The minimum absolute atomic E-state index is 0.718. The van der Waals surface area contributed by atoms with E-state index >= 15 is 0 Å². The fraction of sp³-hybridized carbons (Fsp3) is 0. The number of benzene rings is 5. The Bertz CT molecular complexity index is 2070. The molecule has 0 fully saturated rings. The van der Waals surface area contributed by atoms with Crippen LogP contribution in [0.15, 0.2) is 127 Å². The average molecular weight is 504 g/mol. The summed E-state index contributed by atoms with van der Waals surface area (Å²) < 4.78 is 4.92. The Kier molecular flexibility index (Phi) is 4.69. The molecule has 8 aromatic rings. The van der Waals surface area contributed by atoms with E-state index in [0.29, 0.717) is 0 Å². The molecule has 0 radical (unpaired) electrons. The predicted octanol–water partition coefficient (Wildman–Crippen LogP) is 9.28. The normalized spacial score (nSPS) is 11.7. The van der Waals surface area contributed by atoms with Crippen molar-refractivity contribution in [3.63, 3.8) is 0 Å². The highest BCUT2D eigenvalue weighted by Crippen LogP contribution is 2.40. The van der Waals surface area contributed by atoms with E-state index in [4.69, 9.17) is 9.97 Å². The van der Waals surface area contributed by atoms with Gasteiger partial charge in [0.2, 0.25) is 0 Å². The second-order valence-corrected chi connectivity index (χ2v) is 10.6. The summed E-state index contributed by atoms with van der Waals surface area (Å²) in [5.74, 6) is 1.58. The third kappa shape index (κ3) is 3.28. The highest BCUT2D eigenvalue weighted by Gasteiger charge is 2.18. The van der Waals surface area contributed by atoms with Crippen molar-refractivity contribution in [2.24, 2.45) is 0 Å². The summed E-state index contributed by atoms with van der Waals surface area (Å²) in [6.07, 6.45) is 0. The van der Waals surface area contributed by atoms with Crippen LogP contribution in [0.2, 0.25) is 0 Å². The van der Waals surface area contributed by atoms with E-state index in [1.807, 2.05) is 35.6 Å². The Labute approximate surface area is 223 Å². The van der Waals surface area contributed by atoms with E-state index in [0.717, 1.165) is 39.5 Å². The maximum Gasteiger partial charge on any atom is 0.162 e. The number of aromatic nitrogens is 3. The lowest BCUT2D eigenvalue weighted by molar-refractivity contribution is 1.05. The first kappa shape index (κ1) is 21.3. The molecule has 0 atom stereocenters. The van der Waals surface area contributed by atoms with Crippen LogP contribution in [-0.2, 0) is 0 Å². The van der Waals surface area contributed by atoms with Gasteiger partial charge in [-0.2, -0.15) is 0 Å². The van der Waals surface area contributed by atoms with Gasteiger partial charge in [-0.15, -0.1) is 11.3 Å². The molecule has 178 valence electrons. The first-order valence-corrected chi connectivity index (χ1v) is 13.5. The Hall–Kier alpha value is -4.80. The van der Waals surface area contributed by atoms with Crippen LogP contribution in [0.25, 0.3) is 70.4 Å². The maximum absolute atomic E-state index is 5.16. The Morgan fingerprint density at radius 3 is 1.97 bits per heavy atom. The number of thiophene rings is 1. The summed E-state index contributed by atoms with van der Waals surface area (Å²) in [7, 11) is 0. The van der Waals surface area contributed by atoms with Gasteiger partial charge in [0.15, 0.2) is 5.82 Å². The van der Waals surface area contributed by atoms with Crippen LogP contribution in [0, 0.1) is 0 Å². The quantitative estimate of drug-likeness (QED) is 0.240. The summed E-state index contributed by atoms with van der Waals surface area (Å²) >= 11 is 1.85. The number of fused-ring (bicyclic) bond motifs is 6. The molecule has 0 bridgehead atoms. The van der Waals surface area contributed by atoms with Crippen molar-refractivity contribution in [3.05, 3.63) is 127 Å². The Balaban J connectivity index is 1.49. The van der Waals surface area contributed by atoms with Gasteiger partial charge >= 0.3 is 0 Å². The monoisotopic (exact) mass is 503 g/mol. The molecule has 0 aliphatic carbocycles. The smallest absolute Gasteiger partial charge is 0.162 e. The van der Waals surface area contributed by atoms with Crippen LogP contribution in [-0.4, -0.2) is 14.5 Å². The molecule has 4 heteroatoms. The lowest BCUT2D eigenvalue weighted by Crippen LogP contribution is -2.02. The highest BCUT2D eigenvalue weighted by molar-refractivity contribution is 7.25. The molecule has 38 heavy (non-hydrogen) atoms. The molecular formula is C34H21N3S. The molecular weight excluding hydrogens is 482 g/mol. The van der Waals surface area contributed by atoms with Gasteiger partial charge in [0.1, 0.15) is 5.82 Å². The van der Waals surface area contributed by atoms with Crippen LogP contribution in [0.4, 0.5) is 0 Å². The van der Waals surface area contributed by atoms with Crippen LogP contribution < -0.4 is 0 Å². The zero-order valence-corrected chi connectivity index (χ0v) is 21.2. The van der Waals surface area contributed by atoms with Crippen molar-refractivity contribution in [1.29, 1.82) is 0 Å². The fourth-order valence-electron chi connectivity index (χ4n) is 5.46. The molecule has 3 heterocycles. The molecule has 3 nitrogen and oxygen atoms in total. The van der Waals surface area contributed by atoms with Gasteiger partial charge in [-0.05, 0) is 24.3 Å². The van der Waals surface area contributed by atoms with Crippen molar-refractivity contribution in [1.82, 2.24) is 14.5 Å². The molecule has 0 unspecified atom stereocenters. The topological polar surface area (TPSA) is 30.7 Å². The van der Waals surface area contributed by atoms with Gasteiger partial charge in [0.05, 0.1) is 16.7 Å². The molecule has 8 rings (SSSR count). The summed E-state index contributed by atoms with van der Waals surface area (Å²) in [5, 5.41) is 5.04. The molecule has 0 aliphatic rings. The minimum atomic E-state index is 0.718. The molecule has 0 saturated heterocycles. The van der Waals surface area contributed by atoms with Crippen molar-refractivity contribution < 1.29 is 0 Å². The largest absolute Gasteiger partial charge is 0.294 e. The molecule has 0 saturated carbocycles. The van der Waals surface area contributed by atoms with E-state index in [2.05, 4.69) is 108 Å². The van der Waals surface area contributed by atoms with Gasteiger partial charge in [0.25, 0.3) is 0 Å². The number of rotatable bonds is 3. The minimum Gasteiger partial charge on any atom is -0.294 e. The zero-order chi connectivity index (χ0) is 25.1. The average Bonchev–Trinajstić information content (AvgIpc) is 3.51. The van der Waals surface area contributed by atoms with E-state index in [1.165, 1.54) is 30.9 Å². The van der Waals surface area contributed by atoms with E-state index in [9.17, 15) is 0 Å². The number of para-hydroxylation sites is 1. The van der Waals surface area contributed by atoms with Gasteiger partial charge < -0.3 is 0 Å². The lowest BCUT2D eigenvalue weighted by Gasteiger charge is -2.12. The zero-order valence-electron chi connectivity index (χ0n) is 20.4. The standard InChI is InChI=1S/C34H21N3S/c1-3-11-22(12-4-1)28-21-33(36-34(35-28)23-13-5-2-6-14-23)37-29-17-9-7-15-24(29)26-20-32-27(19-30(26)37)25-16-8-10-18-31(25)38-32/h1-21H. The highest BCUT2D eigenvalue weighted by atomic mass is 32.1. The fourth-order valence-corrected chi connectivity index (χ4v) is 6.58. The second-order valence-electron chi connectivity index (χ2n) is 9.48. The molecule has 0 amide bonds. The van der Waals surface area contributed by atoms with Crippen LogP contribution in [0.3, 0.4) is 0 Å². The van der Waals surface area contributed by atoms with Crippen molar-refractivity contribution in [2.45, 2.75) is 0 Å². The number of nitrogens with zero attached hydrogens (tertiary/aromatic N) is 3. The van der Waals surface area contributed by atoms with E-state index in [1.54, 1.807) is 0 Å². The first-order valence-electron chi connectivity index (χ1n) is 12.7. The molecule has 5 aromatic carbocycles. The number of hydrogen-bond acceptors (Lipinski definition) is 3. The SMILES string of the molecule is c1ccc(-c2cc(-n3c4ccccc4c4cc5sc6ccccc6c5cc43)nc(-c3ccccc3)n2)cc1. The maximum atomic E-state index is 5.16. The van der Waals surface area contributed by atoms with Crippen molar-refractivity contribution in [3.8, 4) is 28.5 Å². The summed E-state index contributed by atoms with van der Waals surface area (Å²) in [5.41, 5.74) is 5.27. The predicted molar refractivity (Wildman–Crippen MR) is 160 cm³/mol. The third-order valence-corrected chi connectivity index (χ3v) is 8.35. The third-order valence-electron chi connectivity index (χ3n) is 7.21. The summed E-state index contributed by atoms with van der Waals surface area (Å²) in [4.78, 5) is 10.2. The van der Waals surface area contributed by atoms with Crippen LogP contribution in [0.1, 0.15) is 0 Å². The Morgan fingerprint density at radius 2 is 1.16 bits per heavy atom. The summed E-state index contributed by atoms with van der Waals surface area (Å²) in [6, 6.07) is 44.7. The van der Waals surface area contributed by atoms with Gasteiger partial charge in [-0.25, -0.2) is 9.97 Å². The molecule has 0 spiro atoms. The van der Waals surface area contributed by atoms with Gasteiger partial charge in [-0.1, -0.05) is 97.1 Å². The van der Waals surface area contributed by atoms with Gasteiger partial charge in [0, 0.05) is 48.1 Å². The number of hydrogen-bond donors (Lipinski definition) is 0. The van der Waals surface area contributed by atoms with Crippen LogP contribution in [0.5, 0.6) is 0 Å². The van der Waals surface area contributed by atoms with E-state index < -0.39 is 0 Å². The van der Waals surface area contributed by atoms with Crippen molar-refractivity contribution >= 4 is 53.3 Å². The first-order chi connectivity index (χ1) is 18.8. The molecule has 3 aromatic heterocycles. The molecule has 0 N–H and O–H groups in total. The van der Waals surface area contributed by atoms with Crippen molar-refractivity contribution in [2.75, 3.05) is 0 Å². The second kappa shape index (κ2) is 8.37. The molecule has 0 aliphatic heterocycles. The Morgan fingerprint density at radius 1 is 0.474 bits per heavy atom. The van der Waals surface area contributed by atoms with Gasteiger partial charge in [-0.3, -0.25) is 4.57 Å². The van der Waals surface area contributed by atoms with Crippen LogP contribution >= 0.6 is 11.3 Å². The summed E-state index contributed by atoms with van der Waals surface area (Å²) in [6.45, 7) is 0.